The Kier molecular flexibility index (Phi) is 6.32. The van der Waals surface area contributed by atoms with Gasteiger partial charge in [0.15, 0.2) is 5.82 Å². The molecule has 0 saturated carbocycles. The molecule has 0 fully saturated rings. The monoisotopic (exact) mass is 413 g/mol. The largest absolute Gasteiger partial charge is 0.497 e. The van der Waals surface area contributed by atoms with Gasteiger partial charge in [0.2, 0.25) is 0 Å². The third kappa shape index (κ3) is 4.77. The average Bonchev–Trinajstić information content (AvgIpc) is 2.82. The van der Waals surface area contributed by atoms with E-state index in [1.807, 2.05) is 42.5 Å². The predicted octanol–water partition coefficient (Wildman–Crippen LogP) is 6.40. The molecule has 0 radical (unpaired) electrons. The lowest BCUT2D eigenvalue weighted by Gasteiger charge is -2.13. The molecule has 4 aromatic rings. The van der Waals surface area contributed by atoms with Gasteiger partial charge in [0.1, 0.15) is 17.3 Å². The molecule has 0 aliphatic rings. The molecule has 1 heterocycles. The van der Waals surface area contributed by atoms with E-state index < -0.39 is 0 Å². The van der Waals surface area contributed by atoms with E-state index in [0.717, 1.165) is 34.4 Å². The van der Waals surface area contributed by atoms with Crippen molar-refractivity contribution in [3.8, 4) is 22.9 Å². The molecule has 1 N–H and O–H groups in total. The number of aromatic nitrogens is 2. The van der Waals surface area contributed by atoms with Crippen molar-refractivity contribution in [3.05, 3.63) is 72.3 Å². The van der Waals surface area contributed by atoms with Crippen molar-refractivity contribution < 1.29 is 9.47 Å². The van der Waals surface area contributed by atoms with E-state index >= 15 is 0 Å². The first-order valence-corrected chi connectivity index (χ1v) is 10.6. The van der Waals surface area contributed by atoms with Crippen LogP contribution in [-0.4, -0.2) is 24.2 Å². The molecule has 158 valence electrons. The number of para-hydroxylation sites is 1. The molecule has 1 aromatic heterocycles. The van der Waals surface area contributed by atoms with Crippen molar-refractivity contribution in [1.29, 1.82) is 0 Å². The Morgan fingerprint density at radius 1 is 0.839 bits per heavy atom. The predicted molar refractivity (Wildman–Crippen MR) is 126 cm³/mol. The van der Waals surface area contributed by atoms with Gasteiger partial charge in [0.25, 0.3) is 0 Å². The molecule has 0 unspecified atom stereocenters. The molecule has 0 aliphatic carbocycles. The number of hydrogen-bond donors (Lipinski definition) is 1. The number of ether oxygens (including phenoxy) is 2. The molecule has 0 atom stereocenters. The van der Waals surface area contributed by atoms with Gasteiger partial charge < -0.3 is 14.8 Å². The summed E-state index contributed by atoms with van der Waals surface area (Å²) in [5.74, 6) is 2.86. The van der Waals surface area contributed by atoms with Crippen molar-refractivity contribution in [2.45, 2.75) is 26.2 Å². The highest BCUT2D eigenvalue weighted by atomic mass is 16.5. The first-order chi connectivity index (χ1) is 15.2. The summed E-state index contributed by atoms with van der Waals surface area (Å²) < 4.78 is 10.8. The maximum absolute atomic E-state index is 5.40. The molecule has 4 rings (SSSR count). The van der Waals surface area contributed by atoms with Crippen LogP contribution in [0.3, 0.4) is 0 Å². The first-order valence-electron chi connectivity index (χ1n) is 10.6. The van der Waals surface area contributed by atoms with Gasteiger partial charge in [-0.25, -0.2) is 9.97 Å². The van der Waals surface area contributed by atoms with Crippen LogP contribution in [-0.2, 0) is 6.42 Å². The van der Waals surface area contributed by atoms with Gasteiger partial charge in [-0.15, -0.1) is 0 Å². The Balaban J connectivity index is 1.74. The summed E-state index contributed by atoms with van der Waals surface area (Å²) in [6.45, 7) is 2.21. The highest BCUT2D eigenvalue weighted by Crippen LogP contribution is 2.31. The zero-order valence-corrected chi connectivity index (χ0v) is 18.2. The van der Waals surface area contributed by atoms with Crippen molar-refractivity contribution in [1.82, 2.24) is 9.97 Å². The van der Waals surface area contributed by atoms with E-state index in [0.29, 0.717) is 17.3 Å². The molecule has 0 amide bonds. The van der Waals surface area contributed by atoms with Gasteiger partial charge in [-0.05, 0) is 30.5 Å². The molecular weight excluding hydrogens is 386 g/mol. The molecule has 5 heteroatoms. The summed E-state index contributed by atoms with van der Waals surface area (Å²) >= 11 is 0. The number of aryl methyl sites for hydroxylation is 1. The van der Waals surface area contributed by atoms with Gasteiger partial charge >= 0.3 is 0 Å². The van der Waals surface area contributed by atoms with E-state index in [9.17, 15) is 0 Å². The topological polar surface area (TPSA) is 56.3 Å². The molecule has 0 saturated heterocycles. The molecule has 5 nitrogen and oxygen atoms in total. The Morgan fingerprint density at radius 2 is 1.55 bits per heavy atom. The van der Waals surface area contributed by atoms with Crippen LogP contribution in [0.1, 0.15) is 25.3 Å². The highest BCUT2D eigenvalue weighted by Gasteiger charge is 2.11. The minimum absolute atomic E-state index is 0.693. The van der Waals surface area contributed by atoms with Crippen molar-refractivity contribution >= 4 is 22.4 Å². The number of anilines is 2. The van der Waals surface area contributed by atoms with E-state index in [-0.39, 0.29) is 0 Å². The van der Waals surface area contributed by atoms with Crippen molar-refractivity contribution in [3.63, 3.8) is 0 Å². The second kappa shape index (κ2) is 9.47. The normalized spacial score (nSPS) is 10.8. The molecule has 0 spiro atoms. The fourth-order valence-electron chi connectivity index (χ4n) is 3.52. The third-order valence-corrected chi connectivity index (χ3v) is 5.25. The number of nitrogens with zero attached hydrogens (tertiary/aromatic N) is 2. The third-order valence-electron chi connectivity index (χ3n) is 5.25. The zero-order chi connectivity index (χ0) is 21.6. The maximum Gasteiger partial charge on any atom is 0.162 e. The van der Waals surface area contributed by atoms with E-state index in [4.69, 9.17) is 19.4 Å². The number of unbranched alkanes of at least 4 members (excludes halogenated alkanes) is 1. The molecular formula is C26H27N3O2. The summed E-state index contributed by atoms with van der Waals surface area (Å²) in [6, 6.07) is 22.2. The molecule has 31 heavy (non-hydrogen) atoms. The standard InChI is InChI=1S/C26H27N3O2/c1-4-5-8-18-11-13-19(14-12-18)25-28-24-10-7-6-9-23(24)26(29-25)27-20-15-21(30-2)17-22(16-20)31-3/h6-7,9-17H,4-5,8H2,1-3H3,(H,27,28,29). The van der Waals surface area contributed by atoms with Crippen LogP contribution in [0.25, 0.3) is 22.3 Å². The summed E-state index contributed by atoms with van der Waals surface area (Å²) in [6.07, 6.45) is 3.49. The number of benzene rings is 3. The lowest BCUT2D eigenvalue weighted by atomic mass is 10.1. The Hall–Kier alpha value is -3.60. The number of methoxy groups -OCH3 is 2. The van der Waals surface area contributed by atoms with Crippen LogP contribution in [0, 0.1) is 0 Å². The first kappa shape index (κ1) is 20.7. The lowest BCUT2D eigenvalue weighted by molar-refractivity contribution is 0.395. The Bertz CT molecular complexity index is 1150. The van der Waals surface area contributed by atoms with Gasteiger partial charge in [0.05, 0.1) is 19.7 Å². The summed E-state index contributed by atoms with van der Waals surface area (Å²) in [7, 11) is 3.28. The number of hydrogen-bond acceptors (Lipinski definition) is 5. The van der Waals surface area contributed by atoms with E-state index in [1.54, 1.807) is 14.2 Å². The van der Waals surface area contributed by atoms with Gasteiger partial charge in [-0.3, -0.25) is 0 Å². The number of rotatable bonds is 8. The van der Waals surface area contributed by atoms with Crippen LogP contribution < -0.4 is 14.8 Å². The van der Waals surface area contributed by atoms with Crippen LogP contribution in [0.5, 0.6) is 11.5 Å². The van der Waals surface area contributed by atoms with Gasteiger partial charge in [-0.1, -0.05) is 49.7 Å². The smallest absolute Gasteiger partial charge is 0.162 e. The number of nitrogens with one attached hydrogen (secondary N) is 1. The quantitative estimate of drug-likeness (QED) is 0.362. The maximum atomic E-state index is 5.40. The minimum atomic E-state index is 0.693. The van der Waals surface area contributed by atoms with Crippen LogP contribution in [0.2, 0.25) is 0 Å². The molecule has 0 aliphatic heterocycles. The average molecular weight is 414 g/mol. The summed E-state index contributed by atoms with van der Waals surface area (Å²) in [5.41, 5.74) is 4.06. The SMILES string of the molecule is CCCCc1ccc(-c2nc(Nc3cc(OC)cc(OC)c3)c3ccccc3n2)cc1. The summed E-state index contributed by atoms with van der Waals surface area (Å²) in [4.78, 5) is 9.67. The van der Waals surface area contributed by atoms with Crippen molar-refractivity contribution in [2.75, 3.05) is 19.5 Å². The van der Waals surface area contributed by atoms with Gasteiger partial charge in [0, 0.05) is 34.8 Å². The minimum Gasteiger partial charge on any atom is -0.497 e. The Labute approximate surface area is 183 Å². The summed E-state index contributed by atoms with van der Waals surface area (Å²) in [5, 5.41) is 4.39. The van der Waals surface area contributed by atoms with Crippen LogP contribution in [0.4, 0.5) is 11.5 Å². The molecule has 0 bridgehead atoms. The van der Waals surface area contributed by atoms with Gasteiger partial charge in [-0.2, -0.15) is 0 Å². The van der Waals surface area contributed by atoms with E-state index in [2.05, 4.69) is 36.5 Å². The lowest BCUT2D eigenvalue weighted by Crippen LogP contribution is -2.00. The van der Waals surface area contributed by atoms with E-state index in [1.165, 1.54) is 18.4 Å². The fourth-order valence-corrected chi connectivity index (χ4v) is 3.52. The van der Waals surface area contributed by atoms with Crippen molar-refractivity contribution in [2.24, 2.45) is 0 Å². The van der Waals surface area contributed by atoms with Crippen LogP contribution in [0.15, 0.2) is 66.7 Å². The Morgan fingerprint density at radius 3 is 2.23 bits per heavy atom. The molecule has 3 aromatic carbocycles. The second-order valence-corrected chi connectivity index (χ2v) is 7.44. The van der Waals surface area contributed by atoms with Crippen LogP contribution >= 0.6 is 0 Å². The fraction of sp³-hybridized carbons (Fsp3) is 0.231. The number of fused-ring (bicyclic) bond motifs is 1. The second-order valence-electron chi connectivity index (χ2n) is 7.44. The highest BCUT2D eigenvalue weighted by molar-refractivity contribution is 5.92. The zero-order valence-electron chi connectivity index (χ0n) is 18.2.